The van der Waals surface area contributed by atoms with Crippen molar-refractivity contribution in [1.29, 1.82) is 0 Å². The number of amides is 2. The summed E-state index contributed by atoms with van der Waals surface area (Å²) >= 11 is 0. The van der Waals surface area contributed by atoms with Gasteiger partial charge in [0, 0.05) is 6.04 Å². The van der Waals surface area contributed by atoms with Gasteiger partial charge in [-0.1, -0.05) is 19.3 Å². The van der Waals surface area contributed by atoms with Crippen LogP contribution in [0.25, 0.3) is 0 Å². The molecule has 1 unspecified atom stereocenters. The monoisotopic (exact) mass is 236 g/mol. The van der Waals surface area contributed by atoms with E-state index in [0.29, 0.717) is 6.42 Å². The third kappa shape index (κ3) is 2.23. The summed E-state index contributed by atoms with van der Waals surface area (Å²) in [5.41, 5.74) is 0. The fraction of sp³-hybridized carbons (Fsp3) is 0.846. The van der Waals surface area contributed by atoms with Crippen LogP contribution in [0.4, 0.5) is 0 Å². The highest BCUT2D eigenvalue weighted by Gasteiger charge is 2.45. The molecule has 4 heteroatoms. The fourth-order valence-electron chi connectivity index (χ4n) is 2.77. The number of hydrogen-bond acceptors (Lipinski definition) is 3. The number of carbonyl (C=O) groups excluding carboxylic acids is 2. The van der Waals surface area contributed by atoms with Crippen LogP contribution < -0.4 is 5.32 Å². The van der Waals surface area contributed by atoms with Gasteiger partial charge in [0.1, 0.15) is 0 Å². The molecule has 2 amide bonds. The summed E-state index contributed by atoms with van der Waals surface area (Å²) in [6.07, 6.45) is 7.59. The Kier molecular flexibility index (Phi) is 2.90. The van der Waals surface area contributed by atoms with E-state index in [1.807, 2.05) is 0 Å². The molecule has 3 fully saturated rings. The van der Waals surface area contributed by atoms with Gasteiger partial charge in [-0.3, -0.25) is 14.5 Å². The van der Waals surface area contributed by atoms with Gasteiger partial charge in [0.2, 0.25) is 11.8 Å². The zero-order valence-corrected chi connectivity index (χ0v) is 10.2. The minimum atomic E-state index is -0.233. The average molecular weight is 236 g/mol. The van der Waals surface area contributed by atoms with Crippen molar-refractivity contribution in [3.63, 3.8) is 0 Å². The minimum absolute atomic E-state index is 0.0195. The molecular weight excluding hydrogens is 216 g/mol. The molecule has 0 aromatic carbocycles. The number of carbonyl (C=O) groups is 2. The topological polar surface area (TPSA) is 49.4 Å². The van der Waals surface area contributed by atoms with Crippen LogP contribution >= 0.6 is 0 Å². The molecule has 1 aliphatic heterocycles. The molecule has 0 radical (unpaired) electrons. The molecule has 4 nitrogen and oxygen atoms in total. The van der Waals surface area contributed by atoms with Crippen molar-refractivity contribution in [2.24, 2.45) is 5.92 Å². The Balaban J connectivity index is 1.46. The SMILES string of the molecule is O=C1CC(NCCC2CCC2)C(=O)N1C1CC1. The molecule has 2 aliphatic carbocycles. The highest BCUT2D eigenvalue weighted by molar-refractivity contribution is 6.06. The van der Waals surface area contributed by atoms with Gasteiger partial charge in [0.05, 0.1) is 12.5 Å². The van der Waals surface area contributed by atoms with Crippen LogP contribution in [-0.2, 0) is 9.59 Å². The second kappa shape index (κ2) is 4.41. The summed E-state index contributed by atoms with van der Waals surface area (Å²) in [5, 5.41) is 3.26. The zero-order valence-electron chi connectivity index (χ0n) is 10.2. The maximum atomic E-state index is 12.0. The van der Waals surface area contributed by atoms with Crippen LogP contribution in [-0.4, -0.2) is 35.3 Å². The third-order valence-electron chi connectivity index (χ3n) is 4.26. The van der Waals surface area contributed by atoms with Gasteiger partial charge < -0.3 is 5.32 Å². The molecule has 1 heterocycles. The normalized spacial score (nSPS) is 29.9. The highest BCUT2D eigenvalue weighted by Crippen LogP contribution is 2.32. The first-order valence-corrected chi connectivity index (χ1v) is 6.85. The lowest BCUT2D eigenvalue weighted by Crippen LogP contribution is -2.40. The number of hydrogen-bond donors (Lipinski definition) is 1. The maximum absolute atomic E-state index is 12.0. The van der Waals surface area contributed by atoms with Gasteiger partial charge in [-0.05, 0) is 31.7 Å². The van der Waals surface area contributed by atoms with Crippen LogP contribution in [0.1, 0.15) is 44.9 Å². The Morgan fingerprint density at radius 2 is 1.94 bits per heavy atom. The molecule has 1 N–H and O–H groups in total. The standard InChI is InChI=1S/C13H20N2O2/c16-12-8-11(13(17)15(12)10-4-5-10)14-7-6-9-2-1-3-9/h9-11,14H,1-8H2. The first-order chi connectivity index (χ1) is 8.25. The molecule has 3 aliphatic rings. The van der Waals surface area contributed by atoms with Crippen molar-refractivity contribution in [2.45, 2.75) is 57.0 Å². The Morgan fingerprint density at radius 3 is 2.53 bits per heavy atom. The number of nitrogens with zero attached hydrogens (tertiary/aromatic N) is 1. The first kappa shape index (κ1) is 11.2. The Hall–Kier alpha value is -0.900. The first-order valence-electron chi connectivity index (χ1n) is 6.85. The molecule has 1 saturated heterocycles. The van der Waals surface area contributed by atoms with E-state index < -0.39 is 0 Å². The van der Waals surface area contributed by atoms with E-state index in [-0.39, 0.29) is 23.9 Å². The number of imide groups is 1. The maximum Gasteiger partial charge on any atom is 0.247 e. The second-order valence-electron chi connectivity index (χ2n) is 5.63. The van der Waals surface area contributed by atoms with Gasteiger partial charge in [0.15, 0.2) is 0 Å². The zero-order chi connectivity index (χ0) is 11.8. The molecule has 17 heavy (non-hydrogen) atoms. The minimum Gasteiger partial charge on any atom is -0.305 e. The van der Waals surface area contributed by atoms with E-state index in [1.165, 1.54) is 24.2 Å². The van der Waals surface area contributed by atoms with E-state index in [4.69, 9.17) is 0 Å². The Morgan fingerprint density at radius 1 is 1.18 bits per heavy atom. The van der Waals surface area contributed by atoms with Crippen molar-refractivity contribution in [3.05, 3.63) is 0 Å². The molecule has 1 atom stereocenters. The Labute approximate surface area is 102 Å². The lowest BCUT2D eigenvalue weighted by Gasteiger charge is -2.25. The van der Waals surface area contributed by atoms with Crippen molar-refractivity contribution in [1.82, 2.24) is 10.2 Å². The summed E-state index contributed by atoms with van der Waals surface area (Å²) in [4.78, 5) is 25.2. The molecule has 3 rings (SSSR count). The number of rotatable bonds is 5. The van der Waals surface area contributed by atoms with Crippen molar-refractivity contribution in [2.75, 3.05) is 6.54 Å². The number of nitrogens with one attached hydrogen (secondary N) is 1. The smallest absolute Gasteiger partial charge is 0.247 e. The van der Waals surface area contributed by atoms with E-state index in [1.54, 1.807) is 0 Å². The van der Waals surface area contributed by atoms with Crippen molar-refractivity contribution < 1.29 is 9.59 Å². The molecule has 0 aromatic heterocycles. The molecule has 94 valence electrons. The molecule has 0 spiro atoms. The van der Waals surface area contributed by atoms with Crippen LogP contribution in [0, 0.1) is 5.92 Å². The summed E-state index contributed by atoms with van der Waals surface area (Å²) in [6, 6.07) is -0.00314. The van der Waals surface area contributed by atoms with Gasteiger partial charge >= 0.3 is 0 Å². The van der Waals surface area contributed by atoms with Crippen LogP contribution in [0.2, 0.25) is 0 Å². The van der Waals surface area contributed by atoms with E-state index in [0.717, 1.165) is 31.7 Å². The second-order valence-corrected chi connectivity index (χ2v) is 5.63. The van der Waals surface area contributed by atoms with Gasteiger partial charge in [-0.25, -0.2) is 0 Å². The summed E-state index contributed by atoms with van der Waals surface area (Å²) < 4.78 is 0. The van der Waals surface area contributed by atoms with E-state index >= 15 is 0 Å². The van der Waals surface area contributed by atoms with Gasteiger partial charge in [-0.15, -0.1) is 0 Å². The van der Waals surface area contributed by atoms with Crippen molar-refractivity contribution >= 4 is 11.8 Å². The van der Waals surface area contributed by atoms with Crippen molar-refractivity contribution in [3.8, 4) is 0 Å². The lowest BCUT2D eigenvalue weighted by molar-refractivity contribution is -0.139. The van der Waals surface area contributed by atoms with E-state index in [9.17, 15) is 9.59 Å². The quantitative estimate of drug-likeness (QED) is 0.726. The predicted molar refractivity (Wildman–Crippen MR) is 63.2 cm³/mol. The molecular formula is C13H20N2O2. The largest absolute Gasteiger partial charge is 0.305 e. The number of likely N-dealkylation sites (tertiary alicyclic amines) is 1. The molecule has 0 aromatic rings. The van der Waals surface area contributed by atoms with Crippen LogP contribution in [0.3, 0.4) is 0 Å². The summed E-state index contributed by atoms with van der Waals surface area (Å²) in [5.74, 6) is 0.902. The predicted octanol–water partition coefficient (Wildman–Crippen LogP) is 1.06. The molecule has 0 bridgehead atoms. The lowest BCUT2D eigenvalue weighted by atomic mass is 9.83. The summed E-state index contributed by atoms with van der Waals surface area (Å²) in [7, 11) is 0. The Bertz CT molecular complexity index is 334. The summed E-state index contributed by atoms with van der Waals surface area (Å²) in [6.45, 7) is 0.882. The van der Waals surface area contributed by atoms with Gasteiger partial charge in [-0.2, -0.15) is 0 Å². The highest BCUT2D eigenvalue weighted by atomic mass is 16.2. The average Bonchev–Trinajstić information content (AvgIpc) is 3.00. The fourth-order valence-corrected chi connectivity index (χ4v) is 2.77. The third-order valence-corrected chi connectivity index (χ3v) is 4.26. The molecule has 2 saturated carbocycles. The van der Waals surface area contributed by atoms with Crippen LogP contribution in [0.5, 0.6) is 0 Å². The van der Waals surface area contributed by atoms with Crippen LogP contribution in [0.15, 0.2) is 0 Å². The van der Waals surface area contributed by atoms with Gasteiger partial charge in [0.25, 0.3) is 0 Å². The van der Waals surface area contributed by atoms with E-state index in [2.05, 4.69) is 5.32 Å².